The minimum Gasteiger partial charge on any atom is 0 e. The van der Waals surface area contributed by atoms with E-state index in [-0.39, 0.29) is 89.8 Å². The molecule has 0 spiro atoms. The summed E-state index contributed by atoms with van der Waals surface area (Å²) in [5, 5.41) is 0. The van der Waals surface area contributed by atoms with E-state index in [2.05, 4.69) is 0 Å². The molecular weight excluding hydrogens is 432 g/mol. The normalized spacial score (nSPS) is 0. The first-order valence-corrected chi connectivity index (χ1v) is 0. The predicted octanol–water partition coefficient (Wildman–Crippen LogP) is -1.52. The Labute approximate surface area is 88.2 Å². The van der Waals surface area contributed by atoms with Crippen LogP contribution in [0.5, 0.6) is 0 Å². The second-order valence-corrected chi connectivity index (χ2v) is 0. The van der Waals surface area contributed by atoms with Crippen LogP contribution in [0.25, 0.3) is 0 Å². The number of hydrogen-bond donors (Lipinski definition) is 0. The summed E-state index contributed by atoms with van der Waals surface area (Å²) in [6.45, 7) is 0. The van der Waals surface area contributed by atoms with Gasteiger partial charge in [0.25, 0.3) is 0 Å². The van der Waals surface area contributed by atoms with E-state index in [0.29, 0.717) is 0 Å². The van der Waals surface area contributed by atoms with Gasteiger partial charge in [-0.15, -0.1) is 0 Å². The van der Waals surface area contributed by atoms with Crippen LogP contribution in [-0.4, -0.2) is 89.8 Å². The largest absolute Gasteiger partial charge is 0 e. The van der Waals surface area contributed by atoms with Gasteiger partial charge in [-0.2, -0.15) is 0 Å². The van der Waals surface area contributed by atoms with Crippen LogP contribution in [0.2, 0.25) is 0 Å². The van der Waals surface area contributed by atoms with Crippen molar-refractivity contribution in [2.75, 3.05) is 0 Å². The maximum atomic E-state index is 0. The van der Waals surface area contributed by atoms with Gasteiger partial charge in [0.05, 0.1) is 0 Å². The van der Waals surface area contributed by atoms with Gasteiger partial charge in [-0.3, -0.25) is 0 Å². The molecule has 0 rings (SSSR count). The summed E-state index contributed by atoms with van der Waals surface area (Å²) in [6, 6.07) is 0. The van der Waals surface area contributed by atoms with E-state index in [1.54, 1.807) is 0 Å². The second-order valence-electron chi connectivity index (χ2n) is 0. The Morgan fingerprint density at radius 1 is 0.750 bits per heavy atom. The molecule has 0 amide bonds. The standard InChI is InChI=1S/Ge.Sb.2Sn. The van der Waals surface area contributed by atoms with Gasteiger partial charge in [0.15, 0.2) is 0 Å². The van der Waals surface area contributed by atoms with Crippen LogP contribution in [0.3, 0.4) is 0 Å². The Hall–Kier alpha value is 2.96. The van der Waals surface area contributed by atoms with Crippen LogP contribution >= 0.6 is 0 Å². The minimum atomic E-state index is 0. The van der Waals surface area contributed by atoms with Crippen molar-refractivity contribution in [3.8, 4) is 0 Å². The molecule has 0 nitrogen and oxygen atoms in total. The molecule has 0 saturated carbocycles. The van der Waals surface area contributed by atoms with Crippen molar-refractivity contribution >= 4 is 89.8 Å². The zero-order valence-corrected chi connectivity index (χ0v) is 12.3. The van der Waals surface area contributed by atoms with Crippen LogP contribution in [-0.2, 0) is 0 Å². The van der Waals surface area contributed by atoms with Crippen LogP contribution in [0, 0.1) is 0 Å². The van der Waals surface area contributed by atoms with Gasteiger partial charge in [-0.25, -0.2) is 0 Å². The molecule has 0 unspecified atom stereocenters. The van der Waals surface area contributed by atoms with Crippen LogP contribution in [0.1, 0.15) is 0 Å². The topological polar surface area (TPSA) is 0 Å². The maximum Gasteiger partial charge on any atom is 0 e. The quantitative estimate of drug-likeness (QED) is 0.409. The van der Waals surface area contributed by atoms with Crippen molar-refractivity contribution in [1.29, 1.82) is 0 Å². The molecule has 0 N–H and O–H groups in total. The number of rotatable bonds is 0. The van der Waals surface area contributed by atoms with Crippen molar-refractivity contribution in [3.63, 3.8) is 0 Å². The van der Waals surface area contributed by atoms with Crippen LogP contribution < -0.4 is 0 Å². The monoisotopic (exact) mass is 435 g/mol. The van der Waals surface area contributed by atoms with Crippen LogP contribution in [0.4, 0.5) is 0 Å². The number of hydrogen-bond acceptors (Lipinski definition) is 0. The molecule has 0 fully saturated rings. The third kappa shape index (κ3) is 8.88. The second kappa shape index (κ2) is 16.7. The molecule has 4 heteroatoms. The molecule has 0 aromatic rings. The summed E-state index contributed by atoms with van der Waals surface area (Å²) >= 11 is 0. The van der Waals surface area contributed by atoms with Gasteiger partial charge in [-0.1, -0.05) is 0 Å². The van der Waals surface area contributed by atoms with E-state index in [9.17, 15) is 0 Å². The van der Waals surface area contributed by atoms with Crippen LogP contribution in [0.15, 0.2) is 0 Å². The third-order valence-corrected chi connectivity index (χ3v) is 0. The predicted molar refractivity (Wildman–Crippen MR) is 23.0 cm³/mol. The van der Waals surface area contributed by atoms with E-state index < -0.39 is 0 Å². The zero-order chi connectivity index (χ0) is 0. The minimum absolute atomic E-state index is 0. The van der Waals surface area contributed by atoms with E-state index >= 15 is 0 Å². The molecule has 17 valence electrons. The molecule has 0 atom stereocenters. The molecular formula is GeSbSn2. The summed E-state index contributed by atoms with van der Waals surface area (Å²) in [4.78, 5) is 0. The van der Waals surface area contributed by atoms with Gasteiger partial charge in [-0.05, 0) is 0 Å². The van der Waals surface area contributed by atoms with Crippen molar-refractivity contribution in [1.82, 2.24) is 0 Å². The molecule has 0 aliphatic heterocycles. The van der Waals surface area contributed by atoms with Gasteiger partial charge in [0.2, 0.25) is 0 Å². The average molecular weight is 432 g/mol. The van der Waals surface area contributed by atoms with Gasteiger partial charge >= 0.3 is 0 Å². The molecule has 0 aliphatic carbocycles. The molecule has 4 heavy (non-hydrogen) atoms. The Kier molecular flexibility index (Phi) is 118. The fourth-order valence-corrected chi connectivity index (χ4v) is 0. The average Bonchev–Trinajstić information content (AvgIpc) is 0. The summed E-state index contributed by atoms with van der Waals surface area (Å²) in [5.74, 6) is 0. The van der Waals surface area contributed by atoms with E-state index in [0.717, 1.165) is 0 Å². The van der Waals surface area contributed by atoms with Crippen molar-refractivity contribution in [2.45, 2.75) is 0 Å². The first-order chi connectivity index (χ1) is 0. The van der Waals surface area contributed by atoms with Crippen molar-refractivity contribution in [3.05, 3.63) is 0 Å². The van der Waals surface area contributed by atoms with Gasteiger partial charge in [0.1, 0.15) is 0 Å². The molecule has 0 heterocycles. The molecule has 0 bridgehead atoms. The smallest absolute Gasteiger partial charge is 0 e. The first kappa shape index (κ1) is 28.2. The SMILES string of the molecule is [Ge].[Sb].[Sn].[Sn]. The zero-order valence-electron chi connectivity index (χ0n) is 1.95. The summed E-state index contributed by atoms with van der Waals surface area (Å²) in [6.07, 6.45) is 0. The van der Waals surface area contributed by atoms with Gasteiger partial charge in [0, 0.05) is 89.8 Å². The van der Waals surface area contributed by atoms with Gasteiger partial charge < -0.3 is 0 Å². The Morgan fingerprint density at radius 2 is 0.750 bits per heavy atom. The van der Waals surface area contributed by atoms with E-state index in [1.807, 2.05) is 0 Å². The Morgan fingerprint density at radius 3 is 0.750 bits per heavy atom. The fraction of sp³-hybridized carbons (Fsp3) is 0. The Bertz CT molecular complexity index is 6.00. The van der Waals surface area contributed by atoms with Crippen molar-refractivity contribution in [2.24, 2.45) is 0 Å². The molecule has 15 radical (unpaired) electrons. The summed E-state index contributed by atoms with van der Waals surface area (Å²) in [5.41, 5.74) is 0. The van der Waals surface area contributed by atoms with E-state index in [1.165, 1.54) is 0 Å². The molecule has 0 saturated heterocycles. The molecule has 0 aromatic carbocycles. The van der Waals surface area contributed by atoms with E-state index in [4.69, 9.17) is 0 Å². The third-order valence-electron chi connectivity index (χ3n) is 0. The molecule has 0 aromatic heterocycles. The maximum absolute atomic E-state index is 0. The molecule has 0 aliphatic rings. The summed E-state index contributed by atoms with van der Waals surface area (Å²) in [7, 11) is 0. The first-order valence-electron chi connectivity index (χ1n) is 0. The fourth-order valence-electron chi connectivity index (χ4n) is 0. The van der Waals surface area contributed by atoms with Crippen molar-refractivity contribution < 1.29 is 0 Å². The Balaban J connectivity index is 0. The summed E-state index contributed by atoms with van der Waals surface area (Å²) < 4.78 is 0.